The smallest absolute Gasteiger partial charge is 0.223 e. The largest absolute Gasteiger partial charge is 0.338 e. The summed E-state index contributed by atoms with van der Waals surface area (Å²) < 4.78 is 0. The topological polar surface area (TPSA) is 33.2 Å². The fourth-order valence-electron chi connectivity index (χ4n) is 2.37. The molecule has 92 valence electrons. The molecule has 17 heavy (non-hydrogen) atoms. The van der Waals surface area contributed by atoms with Crippen LogP contribution in [0.25, 0.3) is 0 Å². The monoisotopic (exact) mass is 252 g/mol. The van der Waals surface area contributed by atoms with Crippen LogP contribution in [0, 0.1) is 5.92 Å². The van der Waals surface area contributed by atoms with Crippen LogP contribution in [0.2, 0.25) is 5.02 Å². The van der Waals surface area contributed by atoms with Crippen molar-refractivity contribution in [2.45, 2.75) is 32.7 Å². The van der Waals surface area contributed by atoms with Crippen LogP contribution >= 0.6 is 11.6 Å². The van der Waals surface area contributed by atoms with E-state index in [1.165, 1.54) is 0 Å². The normalized spacial score (nSPS) is 20.0. The van der Waals surface area contributed by atoms with Crippen LogP contribution in [0.1, 0.15) is 31.7 Å². The summed E-state index contributed by atoms with van der Waals surface area (Å²) in [6, 6.07) is 1.87. The first-order valence-electron chi connectivity index (χ1n) is 6.06. The number of carbonyl (C=O) groups excluding carboxylic acids is 1. The Kier molecular flexibility index (Phi) is 4.00. The Morgan fingerprint density at radius 2 is 2.35 bits per heavy atom. The van der Waals surface area contributed by atoms with Crippen molar-refractivity contribution < 1.29 is 4.79 Å². The van der Waals surface area contributed by atoms with Gasteiger partial charge in [-0.2, -0.15) is 0 Å². The zero-order valence-corrected chi connectivity index (χ0v) is 10.8. The second-order valence-corrected chi connectivity index (χ2v) is 5.08. The molecule has 1 unspecified atom stereocenters. The zero-order valence-electron chi connectivity index (χ0n) is 10.0. The number of pyridine rings is 1. The van der Waals surface area contributed by atoms with Crippen LogP contribution in [-0.2, 0) is 11.3 Å². The first-order valence-corrected chi connectivity index (χ1v) is 6.44. The van der Waals surface area contributed by atoms with E-state index in [-0.39, 0.29) is 5.91 Å². The molecule has 1 aliphatic rings. The molecule has 0 saturated carbocycles. The van der Waals surface area contributed by atoms with Gasteiger partial charge >= 0.3 is 0 Å². The molecule has 0 aromatic carbocycles. The molecule has 0 spiro atoms. The van der Waals surface area contributed by atoms with Gasteiger partial charge in [-0.3, -0.25) is 9.78 Å². The molecule has 1 fully saturated rings. The lowest BCUT2D eigenvalue weighted by Crippen LogP contribution is -2.24. The first-order chi connectivity index (χ1) is 8.19. The summed E-state index contributed by atoms with van der Waals surface area (Å²) in [5.41, 5.74) is 1.00. The van der Waals surface area contributed by atoms with E-state index in [0.717, 1.165) is 24.9 Å². The molecule has 2 rings (SSSR count). The van der Waals surface area contributed by atoms with Gasteiger partial charge in [0.15, 0.2) is 0 Å². The average Bonchev–Trinajstić information content (AvgIpc) is 2.60. The highest BCUT2D eigenvalue weighted by Crippen LogP contribution is 2.24. The third-order valence-electron chi connectivity index (χ3n) is 3.13. The lowest BCUT2D eigenvalue weighted by atomic mass is 10.0. The molecule has 4 heteroatoms. The number of likely N-dealkylation sites (tertiary alicyclic amines) is 1. The van der Waals surface area contributed by atoms with E-state index in [0.29, 0.717) is 23.9 Å². The summed E-state index contributed by atoms with van der Waals surface area (Å²) in [6.45, 7) is 3.67. The molecule has 1 atom stereocenters. The molecule has 1 aromatic rings. The van der Waals surface area contributed by atoms with E-state index >= 15 is 0 Å². The maximum atomic E-state index is 11.8. The summed E-state index contributed by atoms with van der Waals surface area (Å²) >= 11 is 5.88. The van der Waals surface area contributed by atoms with Crippen molar-refractivity contribution >= 4 is 17.5 Å². The predicted molar refractivity (Wildman–Crippen MR) is 67.7 cm³/mol. The predicted octanol–water partition coefficient (Wildman–Crippen LogP) is 2.88. The molecular weight excluding hydrogens is 236 g/mol. The van der Waals surface area contributed by atoms with Crippen molar-refractivity contribution in [3.63, 3.8) is 0 Å². The Morgan fingerprint density at radius 3 is 3.06 bits per heavy atom. The Balaban J connectivity index is 1.98. The number of nitrogens with zero attached hydrogens (tertiary/aromatic N) is 2. The van der Waals surface area contributed by atoms with E-state index in [1.54, 1.807) is 12.4 Å². The molecule has 3 nitrogen and oxygen atoms in total. The van der Waals surface area contributed by atoms with Crippen LogP contribution in [0.5, 0.6) is 0 Å². The number of rotatable bonds is 4. The minimum Gasteiger partial charge on any atom is -0.338 e. The van der Waals surface area contributed by atoms with E-state index < -0.39 is 0 Å². The third kappa shape index (κ3) is 3.19. The summed E-state index contributed by atoms with van der Waals surface area (Å²) in [4.78, 5) is 17.8. The molecule has 0 radical (unpaired) electrons. The van der Waals surface area contributed by atoms with Crippen molar-refractivity contribution in [3.8, 4) is 0 Å². The maximum absolute atomic E-state index is 11.8. The zero-order chi connectivity index (χ0) is 12.3. The van der Waals surface area contributed by atoms with Gasteiger partial charge in [0, 0.05) is 31.9 Å². The number of hydrogen-bond acceptors (Lipinski definition) is 2. The van der Waals surface area contributed by atoms with E-state index in [4.69, 9.17) is 11.6 Å². The van der Waals surface area contributed by atoms with Gasteiger partial charge < -0.3 is 4.90 Å². The molecule has 1 saturated heterocycles. The van der Waals surface area contributed by atoms with Crippen LogP contribution in [0.3, 0.4) is 0 Å². The van der Waals surface area contributed by atoms with E-state index in [9.17, 15) is 4.79 Å². The van der Waals surface area contributed by atoms with Crippen LogP contribution < -0.4 is 0 Å². The summed E-state index contributed by atoms with van der Waals surface area (Å²) in [5.74, 6) is 0.781. The first kappa shape index (κ1) is 12.4. The summed E-state index contributed by atoms with van der Waals surface area (Å²) in [7, 11) is 0. The molecule has 1 aliphatic heterocycles. The Bertz CT molecular complexity index is 408. The van der Waals surface area contributed by atoms with Crippen molar-refractivity contribution in [1.82, 2.24) is 9.88 Å². The summed E-state index contributed by atoms with van der Waals surface area (Å²) in [6.07, 6.45) is 6.35. The van der Waals surface area contributed by atoms with Gasteiger partial charge in [0.1, 0.15) is 0 Å². The molecule has 1 aromatic heterocycles. The van der Waals surface area contributed by atoms with Crippen molar-refractivity contribution in [2.24, 2.45) is 5.92 Å². The van der Waals surface area contributed by atoms with Gasteiger partial charge in [-0.25, -0.2) is 0 Å². The number of carbonyl (C=O) groups is 1. The molecule has 0 aliphatic carbocycles. The van der Waals surface area contributed by atoms with Gasteiger partial charge in [-0.15, -0.1) is 0 Å². The fourth-order valence-corrected chi connectivity index (χ4v) is 2.57. The Hall–Kier alpha value is -1.09. The van der Waals surface area contributed by atoms with Gasteiger partial charge in [0.25, 0.3) is 0 Å². The maximum Gasteiger partial charge on any atom is 0.223 e. The molecule has 2 heterocycles. The van der Waals surface area contributed by atoms with Crippen molar-refractivity contribution in [2.75, 3.05) is 6.54 Å². The second-order valence-electron chi connectivity index (χ2n) is 4.64. The van der Waals surface area contributed by atoms with Crippen LogP contribution in [0.4, 0.5) is 0 Å². The SMILES string of the molecule is CCCC1CC(=O)N(Cc2cncc(Cl)c2)C1. The van der Waals surface area contributed by atoms with Crippen LogP contribution in [-0.4, -0.2) is 22.3 Å². The Labute approximate surface area is 107 Å². The van der Waals surface area contributed by atoms with Crippen molar-refractivity contribution in [1.29, 1.82) is 0 Å². The standard InChI is InChI=1S/C13H17ClN2O/c1-2-3-10-5-13(17)16(8-10)9-11-4-12(14)7-15-6-11/h4,6-7,10H,2-3,5,8-9H2,1H3. The highest BCUT2D eigenvalue weighted by molar-refractivity contribution is 6.30. The Morgan fingerprint density at radius 1 is 1.53 bits per heavy atom. The van der Waals surface area contributed by atoms with E-state index in [2.05, 4.69) is 11.9 Å². The van der Waals surface area contributed by atoms with Gasteiger partial charge in [0.05, 0.1) is 5.02 Å². The number of hydrogen-bond donors (Lipinski definition) is 0. The molecule has 0 bridgehead atoms. The highest BCUT2D eigenvalue weighted by atomic mass is 35.5. The number of halogens is 1. The van der Waals surface area contributed by atoms with Crippen LogP contribution in [0.15, 0.2) is 18.5 Å². The van der Waals surface area contributed by atoms with Crippen molar-refractivity contribution in [3.05, 3.63) is 29.0 Å². The lowest BCUT2D eigenvalue weighted by molar-refractivity contribution is -0.128. The second kappa shape index (κ2) is 5.50. The average molecular weight is 253 g/mol. The molecule has 1 amide bonds. The van der Waals surface area contributed by atoms with Gasteiger partial charge in [-0.1, -0.05) is 24.9 Å². The highest BCUT2D eigenvalue weighted by Gasteiger charge is 2.28. The quantitative estimate of drug-likeness (QED) is 0.826. The van der Waals surface area contributed by atoms with Gasteiger partial charge in [0.2, 0.25) is 5.91 Å². The number of amides is 1. The summed E-state index contributed by atoms with van der Waals surface area (Å²) in [5, 5.41) is 0.624. The fraction of sp³-hybridized carbons (Fsp3) is 0.538. The lowest BCUT2D eigenvalue weighted by Gasteiger charge is -2.16. The minimum atomic E-state index is 0.253. The molecular formula is C13H17ClN2O. The van der Waals surface area contributed by atoms with Gasteiger partial charge in [-0.05, 0) is 24.0 Å². The minimum absolute atomic E-state index is 0.253. The third-order valence-corrected chi connectivity index (χ3v) is 3.33. The number of aromatic nitrogens is 1. The molecule has 0 N–H and O–H groups in total. The van der Waals surface area contributed by atoms with E-state index in [1.807, 2.05) is 11.0 Å².